The van der Waals surface area contributed by atoms with Crippen LogP contribution in [-0.4, -0.2) is 83.7 Å². The zero-order chi connectivity index (χ0) is 19.6. The summed E-state index contributed by atoms with van der Waals surface area (Å²) in [6.45, 7) is 5.63. The van der Waals surface area contributed by atoms with Gasteiger partial charge in [-0.15, -0.1) is 0 Å². The van der Waals surface area contributed by atoms with E-state index in [-0.39, 0.29) is 10.8 Å². The number of aromatic amines is 1. The van der Waals surface area contributed by atoms with Gasteiger partial charge in [0.05, 0.1) is 13.2 Å². The van der Waals surface area contributed by atoms with Crippen LogP contribution in [0, 0.1) is 0 Å². The van der Waals surface area contributed by atoms with E-state index in [0.29, 0.717) is 38.9 Å². The predicted octanol–water partition coefficient (Wildman–Crippen LogP) is -2.49. The van der Waals surface area contributed by atoms with Gasteiger partial charge in [-0.05, 0) is 18.9 Å². The highest BCUT2D eigenvalue weighted by molar-refractivity contribution is 7.89. The van der Waals surface area contributed by atoms with Gasteiger partial charge in [0.2, 0.25) is 10.0 Å². The van der Waals surface area contributed by atoms with Crippen molar-refractivity contribution in [1.29, 1.82) is 0 Å². The molecule has 2 saturated heterocycles. The lowest BCUT2D eigenvalue weighted by atomic mass is 10.3. The first-order valence-electron chi connectivity index (χ1n) is 10.00. The van der Waals surface area contributed by atoms with Gasteiger partial charge in [0.15, 0.2) is 6.54 Å². The van der Waals surface area contributed by atoms with Gasteiger partial charge in [0.1, 0.15) is 37.3 Å². The Morgan fingerprint density at radius 3 is 2.50 bits per heavy atom. The van der Waals surface area contributed by atoms with E-state index in [9.17, 15) is 13.2 Å². The third-order valence-electron chi connectivity index (χ3n) is 5.54. The molecule has 9 nitrogen and oxygen atoms in total. The molecule has 1 aromatic rings. The number of sulfonamides is 1. The van der Waals surface area contributed by atoms with Crippen molar-refractivity contribution in [2.45, 2.75) is 23.8 Å². The van der Waals surface area contributed by atoms with E-state index in [2.05, 4.69) is 15.2 Å². The van der Waals surface area contributed by atoms with E-state index < -0.39 is 10.0 Å². The number of quaternary nitrogens is 1. The van der Waals surface area contributed by atoms with Crippen LogP contribution in [0.25, 0.3) is 0 Å². The maximum atomic E-state index is 12.7. The number of nitrogens with one attached hydrogen (secondary N) is 3. The third kappa shape index (κ3) is 4.62. The second-order valence-corrected chi connectivity index (χ2v) is 9.62. The van der Waals surface area contributed by atoms with E-state index >= 15 is 0 Å². The zero-order valence-electron chi connectivity index (χ0n) is 16.0. The number of rotatable bonds is 6. The van der Waals surface area contributed by atoms with Gasteiger partial charge in [-0.25, -0.2) is 13.4 Å². The third-order valence-corrected chi connectivity index (χ3v) is 7.43. The number of anilines is 1. The van der Waals surface area contributed by atoms with Crippen LogP contribution < -0.4 is 20.1 Å². The SMILES string of the molecule is O=C(C[NH+]1CCN(c2ccc(S(=O)(=O)N3CCOCC3)c[nH+]2)CC1)NC1CC1. The van der Waals surface area contributed by atoms with Gasteiger partial charge < -0.3 is 15.0 Å². The van der Waals surface area contributed by atoms with Crippen molar-refractivity contribution in [1.82, 2.24) is 9.62 Å². The van der Waals surface area contributed by atoms with E-state index in [0.717, 1.165) is 44.8 Å². The van der Waals surface area contributed by atoms with Crippen LogP contribution in [-0.2, 0) is 19.6 Å². The first-order valence-corrected chi connectivity index (χ1v) is 11.4. The largest absolute Gasteiger partial charge is 0.379 e. The molecule has 3 N–H and O–H groups in total. The molecule has 28 heavy (non-hydrogen) atoms. The summed E-state index contributed by atoms with van der Waals surface area (Å²) in [6.07, 6.45) is 3.80. The lowest BCUT2D eigenvalue weighted by Crippen LogP contribution is -3.16. The standard InChI is InChI=1S/C18H27N5O4S/c24-18(20-15-1-2-15)14-21-5-7-22(8-6-21)17-4-3-16(13-19-17)28(25,26)23-9-11-27-12-10-23/h3-4,13,15H,1-2,5-12,14H2,(H,20,24)/p+2. The Morgan fingerprint density at radius 1 is 1.18 bits per heavy atom. The Balaban J connectivity index is 1.31. The summed E-state index contributed by atoms with van der Waals surface area (Å²) >= 11 is 0. The maximum absolute atomic E-state index is 12.7. The lowest BCUT2D eigenvalue weighted by molar-refractivity contribution is -0.892. The zero-order valence-corrected chi connectivity index (χ0v) is 16.8. The van der Waals surface area contributed by atoms with Gasteiger partial charge in [-0.1, -0.05) is 0 Å². The molecule has 1 aliphatic carbocycles. The minimum absolute atomic E-state index is 0.148. The van der Waals surface area contributed by atoms with Crippen LogP contribution in [0.4, 0.5) is 5.82 Å². The second-order valence-electron chi connectivity index (χ2n) is 7.68. The molecule has 154 valence electrons. The minimum Gasteiger partial charge on any atom is -0.379 e. The van der Waals surface area contributed by atoms with E-state index in [4.69, 9.17) is 4.74 Å². The number of carbonyl (C=O) groups is 1. The van der Waals surface area contributed by atoms with E-state index in [1.165, 1.54) is 9.21 Å². The molecule has 3 heterocycles. The number of piperazine rings is 1. The first-order chi connectivity index (χ1) is 13.5. The number of carbonyl (C=O) groups excluding carboxylic acids is 1. The van der Waals surface area contributed by atoms with Crippen molar-refractivity contribution in [3.05, 3.63) is 18.3 Å². The summed E-state index contributed by atoms with van der Waals surface area (Å²) in [5.41, 5.74) is 0. The average Bonchev–Trinajstić information content (AvgIpc) is 3.53. The van der Waals surface area contributed by atoms with Crippen molar-refractivity contribution < 1.29 is 27.8 Å². The number of ether oxygens (including phenoxy) is 1. The fourth-order valence-corrected chi connectivity index (χ4v) is 5.05. The molecule has 1 saturated carbocycles. The molecule has 0 bridgehead atoms. The summed E-state index contributed by atoms with van der Waals surface area (Å²) in [6, 6.07) is 3.91. The van der Waals surface area contributed by atoms with Crippen molar-refractivity contribution in [2.24, 2.45) is 0 Å². The first kappa shape index (κ1) is 19.6. The Labute approximate surface area is 165 Å². The quantitative estimate of drug-likeness (QED) is 0.540. The number of amides is 1. The Morgan fingerprint density at radius 2 is 1.89 bits per heavy atom. The molecule has 2 aliphatic heterocycles. The second kappa shape index (κ2) is 8.32. The monoisotopic (exact) mass is 411 g/mol. The highest BCUT2D eigenvalue weighted by atomic mass is 32.2. The van der Waals surface area contributed by atoms with Crippen LogP contribution in [0.1, 0.15) is 12.8 Å². The van der Waals surface area contributed by atoms with Gasteiger partial charge in [0, 0.05) is 25.2 Å². The smallest absolute Gasteiger partial charge is 0.275 e. The number of nitrogens with zero attached hydrogens (tertiary/aromatic N) is 2. The molecule has 0 radical (unpaired) electrons. The minimum atomic E-state index is -3.48. The molecular formula is C18H29N5O4S+2. The fourth-order valence-electron chi connectivity index (χ4n) is 3.67. The van der Waals surface area contributed by atoms with Crippen LogP contribution in [0.2, 0.25) is 0 Å². The number of aromatic nitrogens is 1. The van der Waals surface area contributed by atoms with Crippen molar-refractivity contribution in [3.8, 4) is 0 Å². The van der Waals surface area contributed by atoms with Crippen LogP contribution >= 0.6 is 0 Å². The highest BCUT2D eigenvalue weighted by Crippen LogP contribution is 2.18. The Kier molecular flexibility index (Phi) is 5.81. The van der Waals surface area contributed by atoms with Crippen LogP contribution in [0.3, 0.4) is 0 Å². The van der Waals surface area contributed by atoms with E-state index in [1.54, 1.807) is 12.3 Å². The van der Waals surface area contributed by atoms with Crippen molar-refractivity contribution >= 4 is 21.7 Å². The molecule has 1 aromatic heterocycles. The van der Waals surface area contributed by atoms with Crippen LogP contribution in [0.15, 0.2) is 23.2 Å². The molecule has 1 amide bonds. The van der Waals surface area contributed by atoms with Gasteiger partial charge in [-0.2, -0.15) is 4.31 Å². The molecule has 10 heteroatoms. The Bertz CT molecular complexity index is 783. The summed E-state index contributed by atoms with van der Waals surface area (Å²) in [7, 11) is -3.48. The summed E-state index contributed by atoms with van der Waals surface area (Å²) in [5.74, 6) is 1.05. The highest BCUT2D eigenvalue weighted by Gasteiger charge is 2.31. The number of H-pyrrole nitrogens is 1. The predicted molar refractivity (Wildman–Crippen MR) is 102 cm³/mol. The Hall–Kier alpha value is -1.75. The molecule has 3 fully saturated rings. The van der Waals surface area contributed by atoms with Gasteiger partial charge >= 0.3 is 0 Å². The molecule has 3 aliphatic rings. The van der Waals surface area contributed by atoms with E-state index in [1.807, 2.05) is 6.07 Å². The number of morpholine rings is 1. The summed E-state index contributed by atoms with van der Waals surface area (Å²) in [4.78, 5) is 18.9. The van der Waals surface area contributed by atoms with Crippen molar-refractivity contribution in [2.75, 3.05) is 63.9 Å². The van der Waals surface area contributed by atoms with Crippen LogP contribution in [0.5, 0.6) is 0 Å². The molecule has 4 rings (SSSR count). The van der Waals surface area contributed by atoms with Crippen molar-refractivity contribution in [3.63, 3.8) is 0 Å². The molecule has 0 unspecified atom stereocenters. The summed E-state index contributed by atoms with van der Waals surface area (Å²) in [5, 5.41) is 3.04. The van der Waals surface area contributed by atoms with Gasteiger partial charge in [0.25, 0.3) is 11.7 Å². The average molecular weight is 412 g/mol. The molecule has 0 aromatic carbocycles. The molecule has 0 atom stereocenters. The number of hydrogen-bond donors (Lipinski definition) is 2. The van der Waals surface area contributed by atoms with Gasteiger partial charge in [-0.3, -0.25) is 9.69 Å². The summed E-state index contributed by atoms with van der Waals surface area (Å²) < 4.78 is 32.1. The maximum Gasteiger partial charge on any atom is 0.275 e. The normalized spacial score (nSPS) is 22.2. The number of hydrogen-bond acceptors (Lipinski definition) is 5. The molecule has 0 spiro atoms. The number of pyridine rings is 1. The molecular weight excluding hydrogens is 382 g/mol. The topological polar surface area (TPSA) is 97.5 Å². The lowest BCUT2D eigenvalue weighted by Gasteiger charge is -2.28. The fraction of sp³-hybridized carbons (Fsp3) is 0.667.